The zero-order chi connectivity index (χ0) is 22.0. The second kappa shape index (κ2) is 9.33. The van der Waals surface area contributed by atoms with Crippen molar-refractivity contribution >= 4 is 39.8 Å². The first kappa shape index (κ1) is 21.7. The molecule has 2 amide bonds. The van der Waals surface area contributed by atoms with Crippen molar-refractivity contribution < 1.29 is 23.9 Å². The first-order valence-corrected chi connectivity index (χ1v) is 11.5. The molecule has 0 aliphatic carbocycles. The van der Waals surface area contributed by atoms with Crippen LogP contribution >= 0.6 is 23.5 Å². The largest absolute Gasteiger partial charge is 0.497 e. The highest BCUT2D eigenvalue weighted by atomic mass is 32.2. The molecule has 2 aromatic carbocycles. The van der Waals surface area contributed by atoms with Gasteiger partial charge in [0.15, 0.2) is 0 Å². The Bertz CT molecular complexity index is 1000. The minimum absolute atomic E-state index is 0.0762. The highest BCUT2D eigenvalue weighted by Crippen LogP contribution is 2.37. The van der Waals surface area contributed by atoms with E-state index in [1.54, 1.807) is 29.8 Å². The lowest BCUT2D eigenvalue weighted by Crippen LogP contribution is -2.44. The Balaban J connectivity index is 1.41. The molecule has 2 unspecified atom stereocenters. The van der Waals surface area contributed by atoms with Gasteiger partial charge in [-0.05, 0) is 30.7 Å². The van der Waals surface area contributed by atoms with Crippen LogP contribution in [0.1, 0.15) is 22.8 Å². The molecule has 2 atom stereocenters. The summed E-state index contributed by atoms with van der Waals surface area (Å²) in [7, 11) is 1.56. The quantitative estimate of drug-likeness (QED) is 0.624. The lowest BCUT2D eigenvalue weighted by molar-refractivity contribution is -0.129. The number of methoxy groups -OCH3 is 1. The predicted molar refractivity (Wildman–Crippen MR) is 119 cm³/mol. The molecule has 1 fully saturated rings. The van der Waals surface area contributed by atoms with Gasteiger partial charge in [-0.2, -0.15) is 0 Å². The van der Waals surface area contributed by atoms with Gasteiger partial charge in [0.1, 0.15) is 5.75 Å². The van der Waals surface area contributed by atoms with Crippen LogP contribution in [0.3, 0.4) is 0 Å². The number of benzene rings is 2. The third kappa shape index (κ3) is 4.58. The van der Waals surface area contributed by atoms with E-state index >= 15 is 0 Å². The van der Waals surface area contributed by atoms with E-state index in [2.05, 4.69) is 0 Å². The van der Waals surface area contributed by atoms with Crippen LogP contribution in [0.5, 0.6) is 5.75 Å². The van der Waals surface area contributed by atoms with Crippen molar-refractivity contribution in [3.05, 3.63) is 59.7 Å². The second-order valence-corrected chi connectivity index (χ2v) is 9.41. The molecular weight excluding hydrogens is 436 g/mol. The molecule has 0 aromatic heterocycles. The molecule has 0 radical (unpaired) electrons. The monoisotopic (exact) mass is 458 g/mol. The zero-order valence-corrected chi connectivity index (χ0v) is 18.8. The summed E-state index contributed by atoms with van der Waals surface area (Å²) >= 11 is 2.25. The number of hydrogen-bond acceptors (Lipinski definition) is 7. The summed E-state index contributed by atoms with van der Waals surface area (Å²) < 4.78 is 11.0. The maximum absolute atomic E-state index is 13.0. The highest BCUT2D eigenvalue weighted by molar-refractivity contribution is 8.26. The molecular formula is C22H22N2O5S2. The topological polar surface area (TPSA) is 76.1 Å². The maximum Gasteiger partial charge on any atom is 0.292 e. The number of amides is 2. The Morgan fingerprint density at radius 3 is 2.55 bits per heavy atom. The third-order valence-electron chi connectivity index (χ3n) is 5.13. The number of rotatable bonds is 7. The van der Waals surface area contributed by atoms with Gasteiger partial charge in [-0.3, -0.25) is 19.3 Å². The minimum atomic E-state index is -0.951. The number of thioether (sulfide) groups is 2. The number of carbonyl (C=O) groups is 3. The molecule has 2 aliphatic heterocycles. The molecule has 1 saturated heterocycles. The van der Waals surface area contributed by atoms with Crippen LogP contribution in [0.2, 0.25) is 0 Å². The van der Waals surface area contributed by atoms with Crippen LogP contribution in [-0.4, -0.2) is 57.9 Å². The van der Waals surface area contributed by atoms with Crippen molar-refractivity contribution in [3.8, 4) is 5.75 Å². The van der Waals surface area contributed by atoms with Gasteiger partial charge in [0.05, 0.1) is 24.7 Å². The van der Waals surface area contributed by atoms with Crippen LogP contribution in [0.25, 0.3) is 0 Å². The number of nitrogens with zero attached hydrogens (tertiary/aromatic N) is 2. The smallest absolute Gasteiger partial charge is 0.292 e. The molecule has 162 valence electrons. The van der Waals surface area contributed by atoms with Crippen LogP contribution in [0, 0.1) is 0 Å². The highest BCUT2D eigenvalue weighted by Gasteiger charge is 2.41. The number of hydrogen-bond donors (Lipinski definition) is 0. The molecule has 0 N–H and O–H groups in total. The van der Waals surface area contributed by atoms with Gasteiger partial charge in [0.2, 0.25) is 11.3 Å². The van der Waals surface area contributed by atoms with Crippen LogP contribution in [0.15, 0.2) is 53.4 Å². The number of carbonyl (C=O) groups excluding carboxylic acids is 3. The van der Waals surface area contributed by atoms with E-state index in [9.17, 15) is 14.4 Å². The van der Waals surface area contributed by atoms with Gasteiger partial charge >= 0.3 is 0 Å². The molecule has 0 saturated carbocycles. The van der Waals surface area contributed by atoms with Crippen molar-refractivity contribution in [2.45, 2.75) is 30.0 Å². The molecule has 0 bridgehead atoms. The first-order valence-electron chi connectivity index (χ1n) is 9.81. The average molecular weight is 459 g/mol. The first-order chi connectivity index (χ1) is 15.0. The fourth-order valence-electron chi connectivity index (χ4n) is 3.52. The van der Waals surface area contributed by atoms with Crippen molar-refractivity contribution in [2.24, 2.45) is 0 Å². The standard InChI is InChI=1S/C22H22N2O5S2/c1-14-23(19(25)17-12-16(28-2)8-9-18(17)30-14)10-11-29-20-21(26)31-22(27)24(20)13-15-6-4-3-5-7-15/h3-9,12,14,20H,10-11,13H2,1-2H3. The summed E-state index contributed by atoms with van der Waals surface area (Å²) in [6.07, 6.45) is -0.951. The van der Waals surface area contributed by atoms with Crippen molar-refractivity contribution in [2.75, 3.05) is 20.3 Å². The lowest BCUT2D eigenvalue weighted by atomic mass is 10.1. The Morgan fingerprint density at radius 2 is 1.81 bits per heavy atom. The summed E-state index contributed by atoms with van der Waals surface area (Å²) in [6, 6.07) is 14.9. The van der Waals surface area contributed by atoms with E-state index in [0.717, 1.165) is 10.5 Å². The fraction of sp³-hybridized carbons (Fsp3) is 0.318. The molecule has 2 aliphatic rings. The second-order valence-electron chi connectivity index (χ2n) is 7.10. The van der Waals surface area contributed by atoms with Gasteiger partial charge < -0.3 is 14.4 Å². The molecule has 9 heteroatoms. The van der Waals surface area contributed by atoms with Gasteiger partial charge in [-0.15, -0.1) is 11.8 Å². The van der Waals surface area contributed by atoms with E-state index in [4.69, 9.17) is 9.47 Å². The molecule has 7 nitrogen and oxygen atoms in total. The lowest BCUT2D eigenvalue weighted by Gasteiger charge is -2.34. The minimum Gasteiger partial charge on any atom is -0.497 e. The molecule has 2 aromatic rings. The Hall–Kier alpha value is -2.49. The normalized spacial score (nSPS) is 20.9. The summed E-state index contributed by atoms with van der Waals surface area (Å²) in [4.78, 5) is 41.6. The van der Waals surface area contributed by atoms with E-state index in [-0.39, 0.29) is 28.2 Å². The summed E-state index contributed by atoms with van der Waals surface area (Å²) in [5.74, 6) is 0.523. The van der Waals surface area contributed by atoms with Crippen LogP contribution in [-0.2, 0) is 16.1 Å². The third-order valence-corrected chi connectivity index (χ3v) is 7.14. The maximum atomic E-state index is 13.0. The van der Waals surface area contributed by atoms with E-state index in [0.29, 0.717) is 36.2 Å². The van der Waals surface area contributed by atoms with Crippen molar-refractivity contribution in [1.29, 1.82) is 0 Å². The number of ether oxygens (including phenoxy) is 2. The fourth-order valence-corrected chi connectivity index (χ4v) is 5.38. The Kier molecular flexibility index (Phi) is 6.54. The SMILES string of the molecule is COc1ccc2c(c1)C(=O)N(CCOC1C(=O)SC(=O)N1Cc1ccccc1)C(C)S2. The molecule has 2 heterocycles. The van der Waals surface area contributed by atoms with Crippen LogP contribution < -0.4 is 4.74 Å². The summed E-state index contributed by atoms with van der Waals surface area (Å²) in [5.41, 5.74) is 1.51. The van der Waals surface area contributed by atoms with Crippen molar-refractivity contribution in [1.82, 2.24) is 9.80 Å². The van der Waals surface area contributed by atoms with Crippen molar-refractivity contribution in [3.63, 3.8) is 0 Å². The van der Waals surface area contributed by atoms with Crippen LogP contribution in [0.4, 0.5) is 4.79 Å². The average Bonchev–Trinajstić information content (AvgIpc) is 3.03. The Morgan fingerprint density at radius 1 is 1.03 bits per heavy atom. The molecule has 31 heavy (non-hydrogen) atoms. The molecule has 4 rings (SSSR count). The van der Waals surface area contributed by atoms with Gasteiger partial charge in [-0.1, -0.05) is 30.3 Å². The zero-order valence-electron chi connectivity index (χ0n) is 17.1. The molecule has 0 spiro atoms. The van der Waals surface area contributed by atoms with Gasteiger partial charge in [0.25, 0.3) is 11.1 Å². The Labute approximate surface area is 189 Å². The van der Waals surface area contributed by atoms with Gasteiger partial charge in [0, 0.05) is 29.7 Å². The summed E-state index contributed by atoms with van der Waals surface area (Å²) in [5, 5.41) is -0.728. The predicted octanol–water partition coefficient (Wildman–Crippen LogP) is 3.83. The van der Waals surface area contributed by atoms with E-state index in [1.165, 1.54) is 4.90 Å². The summed E-state index contributed by atoms with van der Waals surface area (Å²) in [6.45, 7) is 2.71. The van der Waals surface area contributed by atoms with Gasteiger partial charge in [-0.25, -0.2) is 0 Å². The van der Waals surface area contributed by atoms with E-state index < -0.39 is 6.23 Å². The van der Waals surface area contributed by atoms with E-state index in [1.807, 2.05) is 49.4 Å². The number of fused-ring (bicyclic) bond motifs is 1.